The van der Waals surface area contributed by atoms with Crippen LogP contribution in [0.15, 0.2) is 36.5 Å². The minimum absolute atomic E-state index is 0.0738. The Morgan fingerprint density at radius 3 is 3.00 bits per heavy atom. The molecule has 0 spiro atoms. The summed E-state index contributed by atoms with van der Waals surface area (Å²) in [5, 5.41) is 27.4. The maximum absolute atomic E-state index is 14.9. The zero-order valence-electron chi connectivity index (χ0n) is 14.3. The van der Waals surface area contributed by atoms with Crippen molar-refractivity contribution in [2.24, 2.45) is 0 Å². The van der Waals surface area contributed by atoms with E-state index in [9.17, 15) is 9.18 Å². The third-order valence-electron chi connectivity index (χ3n) is 4.65. The highest BCUT2D eigenvalue weighted by Gasteiger charge is 2.42. The number of H-pyrrole nitrogens is 1. The van der Waals surface area contributed by atoms with Gasteiger partial charge in [0, 0.05) is 17.5 Å². The second kappa shape index (κ2) is 6.64. The molecule has 9 heteroatoms. The number of fused-ring (bicyclic) bond motifs is 1. The maximum Gasteiger partial charge on any atom is 0.265 e. The van der Waals surface area contributed by atoms with Crippen molar-refractivity contribution >= 4 is 22.6 Å². The largest absolute Gasteiger partial charge is 0.307 e. The fourth-order valence-electron chi connectivity index (χ4n) is 3.23. The Labute approximate surface area is 154 Å². The van der Waals surface area contributed by atoms with Gasteiger partial charge in [-0.05, 0) is 25.0 Å². The Balaban J connectivity index is 1.52. The Hall–Kier alpha value is -3.54. The Bertz CT molecular complexity index is 1030. The van der Waals surface area contributed by atoms with Gasteiger partial charge in [-0.2, -0.15) is 10.4 Å². The van der Waals surface area contributed by atoms with E-state index < -0.39 is 11.6 Å². The number of carbonyl (C=O) groups is 1. The molecular weight excluding hydrogens is 349 g/mol. The van der Waals surface area contributed by atoms with Gasteiger partial charge in [-0.25, -0.2) is 4.39 Å². The van der Waals surface area contributed by atoms with Gasteiger partial charge in [-0.3, -0.25) is 9.89 Å². The van der Waals surface area contributed by atoms with Crippen molar-refractivity contribution in [3.05, 3.63) is 36.5 Å². The first-order valence-corrected chi connectivity index (χ1v) is 8.50. The van der Waals surface area contributed by atoms with Crippen molar-refractivity contribution in [3.8, 4) is 17.5 Å². The summed E-state index contributed by atoms with van der Waals surface area (Å²) in [6.07, 6.45) is 4.13. The number of aromatic nitrogens is 4. The van der Waals surface area contributed by atoms with Crippen LogP contribution in [0, 0.1) is 11.5 Å². The molecule has 0 bridgehead atoms. The predicted molar refractivity (Wildman–Crippen MR) is 96.0 cm³/mol. The molecule has 3 aromatic rings. The van der Waals surface area contributed by atoms with Crippen LogP contribution in [-0.4, -0.2) is 50.0 Å². The number of rotatable bonds is 3. The highest BCUT2D eigenvalue weighted by molar-refractivity contribution is 5.97. The summed E-state index contributed by atoms with van der Waals surface area (Å²) >= 11 is 0. The fraction of sp³-hybridized carbons (Fsp3) is 0.278. The van der Waals surface area contributed by atoms with E-state index in [0.717, 1.165) is 16.5 Å². The van der Waals surface area contributed by atoms with Gasteiger partial charge in [-0.15, -0.1) is 10.2 Å². The molecule has 1 fully saturated rings. The molecule has 3 heterocycles. The number of nitriles is 1. The predicted octanol–water partition coefficient (Wildman–Crippen LogP) is 2.24. The zero-order valence-corrected chi connectivity index (χ0v) is 14.3. The normalized spacial score (nSPS) is 19.6. The summed E-state index contributed by atoms with van der Waals surface area (Å²) in [5.41, 5.74) is 0.154. The fourth-order valence-corrected chi connectivity index (χ4v) is 3.23. The molecule has 2 N–H and O–H groups in total. The van der Waals surface area contributed by atoms with Crippen molar-refractivity contribution in [1.82, 2.24) is 25.3 Å². The summed E-state index contributed by atoms with van der Waals surface area (Å²) in [5.74, 6) is -0.646. The van der Waals surface area contributed by atoms with Crippen LogP contribution in [0.5, 0.6) is 0 Å². The number of nitrogens with zero attached hydrogens (tertiary/aromatic N) is 5. The van der Waals surface area contributed by atoms with E-state index in [-0.39, 0.29) is 18.8 Å². The highest BCUT2D eigenvalue weighted by atomic mass is 19.1. The van der Waals surface area contributed by atoms with E-state index in [2.05, 4.69) is 25.7 Å². The van der Waals surface area contributed by atoms with Gasteiger partial charge >= 0.3 is 0 Å². The second-order valence-electron chi connectivity index (χ2n) is 6.49. The number of para-hydroxylation sites is 1. The number of anilines is 1. The number of hydrogen-bond donors (Lipinski definition) is 2. The van der Waals surface area contributed by atoms with Crippen molar-refractivity contribution in [3.63, 3.8) is 0 Å². The second-order valence-corrected chi connectivity index (χ2v) is 6.49. The number of piperidine rings is 1. The molecule has 4 rings (SSSR count). The van der Waals surface area contributed by atoms with E-state index in [0.29, 0.717) is 18.7 Å². The molecule has 1 atom stereocenters. The molecule has 0 unspecified atom stereocenters. The molecule has 1 amide bonds. The number of benzene rings is 1. The summed E-state index contributed by atoms with van der Waals surface area (Å²) < 4.78 is 14.9. The lowest BCUT2D eigenvalue weighted by Gasteiger charge is -2.32. The van der Waals surface area contributed by atoms with Gasteiger partial charge in [0.2, 0.25) is 5.67 Å². The van der Waals surface area contributed by atoms with E-state index in [1.807, 2.05) is 24.4 Å². The summed E-state index contributed by atoms with van der Waals surface area (Å²) in [6, 6.07) is 8.98. The molecular formula is C18H16FN7O. The number of nitrogens with one attached hydrogen (secondary N) is 2. The first kappa shape index (κ1) is 16.9. The molecule has 27 heavy (non-hydrogen) atoms. The minimum Gasteiger partial charge on any atom is -0.307 e. The molecule has 8 nitrogen and oxygen atoms in total. The Morgan fingerprint density at radius 1 is 1.33 bits per heavy atom. The molecule has 1 aromatic carbocycles. The first-order valence-electron chi connectivity index (χ1n) is 8.50. The number of halogens is 1. The molecule has 1 aliphatic heterocycles. The van der Waals surface area contributed by atoms with Crippen LogP contribution in [0.3, 0.4) is 0 Å². The van der Waals surface area contributed by atoms with Gasteiger partial charge in [-0.1, -0.05) is 18.2 Å². The molecule has 1 saturated heterocycles. The molecule has 0 saturated carbocycles. The van der Waals surface area contributed by atoms with Crippen LogP contribution in [0.4, 0.5) is 10.2 Å². The van der Waals surface area contributed by atoms with Crippen molar-refractivity contribution in [2.45, 2.75) is 18.5 Å². The highest BCUT2D eigenvalue weighted by Crippen LogP contribution is 2.28. The Kier molecular flexibility index (Phi) is 4.16. The van der Waals surface area contributed by atoms with Gasteiger partial charge in [0.25, 0.3) is 5.91 Å². The third-order valence-corrected chi connectivity index (χ3v) is 4.65. The third kappa shape index (κ3) is 3.17. The standard InChI is InChI=1S/C18H16FN7O/c19-18(7-2-8-26(10-18)11-20)17(27)22-15-6-5-14(23-24-15)13-4-1-3-12-9-21-25-16(12)13/h1,3-6,9H,2,7-8,10H2,(H,21,25)(H,22,24,27)/t18-/m1/s1. The summed E-state index contributed by atoms with van der Waals surface area (Å²) in [4.78, 5) is 13.6. The Morgan fingerprint density at radius 2 is 2.22 bits per heavy atom. The first-order chi connectivity index (χ1) is 13.1. The van der Waals surface area contributed by atoms with Crippen LogP contribution >= 0.6 is 0 Å². The lowest BCUT2D eigenvalue weighted by Crippen LogP contribution is -2.51. The van der Waals surface area contributed by atoms with Crippen LogP contribution in [0.25, 0.3) is 22.2 Å². The van der Waals surface area contributed by atoms with Crippen LogP contribution in [0.1, 0.15) is 12.8 Å². The number of likely N-dealkylation sites (tertiary alicyclic amines) is 1. The number of hydrogen-bond acceptors (Lipinski definition) is 6. The summed E-state index contributed by atoms with van der Waals surface area (Å²) in [6.45, 7) is 0.214. The molecule has 136 valence electrons. The van der Waals surface area contributed by atoms with Gasteiger partial charge in [0.15, 0.2) is 12.0 Å². The van der Waals surface area contributed by atoms with E-state index in [4.69, 9.17) is 5.26 Å². The van der Waals surface area contributed by atoms with Crippen molar-refractivity contribution in [1.29, 1.82) is 5.26 Å². The monoisotopic (exact) mass is 365 g/mol. The SMILES string of the molecule is N#CN1CCC[C@](F)(C(=O)Nc2ccc(-c3cccc4cn[nH]c34)nn2)C1. The number of aromatic amines is 1. The summed E-state index contributed by atoms with van der Waals surface area (Å²) in [7, 11) is 0. The molecule has 1 aliphatic rings. The number of amides is 1. The zero-order chi connectivity index (χ0) is 18.9. The van der Waals surface area contributed by atoms with Gasteiger partial charge in [0.05, 0.1) is 24.0 Å². The minimum atomic E-state index is -2.12. The van der Waals surface area contributed by atoms with Gasteiger partial charge in [0.1, 0.15) is 0 Å². The number of carbonyl (C=O) groups excluding carboxylic acids is 1. The van der Waals surface area contributed by atoms with E-state index in [1.54, 1.807) is 18.3 Å². The topological polar surface area (TPSA) is 111 Å². The van der Waals surface area contributed by atoms with Crippen LogP contribution in [0.2, 0.25) is 0 Å². The maximum atomic E-state index is 14.9. The lowest BCUT2D eigenvalue weighted by atomic mass is 9.94. The van der Waals surface area contributed by atoms with Crippen LogP contribution in [-0.2, 0) is 4.79 Å². The molecule has 0 aliphatic carbocycles. The average Bonchev–Trinajstić information content (AvgIpc) is 3.17. The molecule has 2 aromatic heterocycles. The number of alkyl halides is 1. The van der Waals surface area contributed by atoms with Crippen LogP contribution < -0.4 is 5.32 Å². The van der Waals surface area contributed by atoms with Gasteiger partial charge < -0.3 is 10.2 Å². The quantitative estimate of drug-likeness (QED) is 0.689. The smallest absolute Gasteiger partial charge is 0.265 e. The molecule has 0 radical (unpaired) electrons. The van der Waals surface area contributed by atoms with E-state index in [1.165, 1.54) is 4.90 Å². The average molecular weight is 365 g/mol. The van der Waals surface area contributed by atoms with Crippen molar-refractivity contribution < 1.29 is 9.18 Å². The van der Waals surface area contributed by atoms with E-state index >= 15 is 0 Å². The van der Waals surface area contributed by atoms with Crippen molar-refractivity contribution in [2.75, 3.05) is 18.4 Å². The lowest BCUT2D eigenvalue weighted by molar-refractivity contribution is -0.130.